The van der Waals surface area contributed by atoms with Crippen molar-refractivity contribution < 1.29 is 0 Å². The number of unbranched alkanes of at least 4 members (excludes halogenated alkanes) is 1. The summed E-state index contributed by atoms with van der Waals surface area (Å²) in [5.41, 5.74) is 3.80. The van der Waals surface area contributed by atoms with Crippen LogP contribution in [-0.4, -0.2) is 4.57 Å². The van der Waals surface area contributed by atoms with E-state index in [0.29, 0.717) is 0 Å². The summed E-state index contributed by atoms with van der Waals surface area (Å²) in [6.07, 6.45) is 7.20. The molecule has 98 valence electrons. The van der Waals surface area contributed by atoms with Crippen LogP contribution in [0.3, 0.4) is 0 Å². The molecule has 0 amide bonds. The van der Waals surface area contributed by atoms with E-state index >= 15 is 0 Å². The highest BCUT2D eigenvalue weighted by molar-refractivity contribution is 5.87. The largest absolute Gasteiger partial charge is 0.340 e. The third-order valence-corrected chi connectivity index (χ3v) is 3.58. The van der Waals surface area contributed by atoms with Gasteiger partial charge in [-0.15, -0.1) is 12.3 Å². The summed E-state index contributed by atoms with van der Waals surface area (Å²) in [7, 11) is 0. The lowest BCUT2D eigenvalue weighted by molar-refractivity contribution is 0.682. The van der Waals surface area contributed by atoms with Gasteiger partial charge in [-0.25, -0.2) is 0 Å². The molecule has 0 atom stereocenters. The van der Waals surface area contributed by atoms with Gasteiger partial charge in [0.2, 0.25) is 0 Å². The molecule has 20 heavy (non-hydrogen) atoms. The van der Waals surface area contributed by atoms with E-state index in [9.17, 15) is 0 Å². The number of aryl methyl sites for hydroxylation is 1. The van der Waals surface area contributed by atoms with E-state index in [1.807, 2.05) is 0 Å². The Morgan fingerprint density at radius 2 is 1.70 bits per heavy atom. The summed E-state index contributed by atoms with van der Waals surface area (Å²) in [5.74, 6) is 2.72. The summed E-state index contributed by atoms with van der Waals surface area (Å²) in [6.45, 7) is 0.960. The summed E-state index contributed by atoms with van der Waals surface area (Å²) >= 11 is 0. The number of benzene rings is 2. The molecular formula is C19H17N. The van der Waals surface area contributed by atoms with Crippen molar-refractivity contribution in [3.05, 3.63) is 60.7 Å². The van der Waals surface area contributed by atoms with E-state index in [0.717, 1.165) is 19.4 Å². The Bertz CT molecular complexity index is 744. The van der Waals surface area contributed by atoms with Crippen LogP contribution in [0, 0.1) is 12.3 Å². The smallest absolute Gasteiger partial charge is 0.0491 e. The Morgan fingerprint density at radius 3 is 2.50 bits per heavy atom. The number of fused-ring (bicyclic) bond motifs is 1. The third-order valence-electron chi connectivity index (χ3n) is 3.58. The SMILES string of the molecule is C#CCCCn1c(-c2ccccc2)cc2ccccc21. The molecular weight excluding hydrogens is 242 g/mol. The molecule has 0 radical (unpaired) electrons. The van der Waals surface area contributed by atoms with Crippen LogP contribution in [0.25, 0.3) is 22.2 Å². The van der Waals surface area contributed by atoms with Gasteiger partial charge in [0.25, 0.3) is 0 Å². The first-order valence-corrected chi connectivity index (χ1v) is 6.97. The highest BCUT2D eigenvalue weighted by Crippen LogP contribution is 2.28. The van der Waals surface area contributed by atoms with Crippen LogP contribution in [0.4, 0.5) is 0 Å². The van der Waals surface area contributed by atoms with Crippen LogP contribution >= 0.6 is 0 Å². The summed E-state index contributed by atoms with van der Waals surface area (Å²) in [5, 5.41) is 1.28. The number of rotatable bonds is 4. The van der Waals surface area contributed by atoms with Crippen molar-refractivity contribution in [3.8, 4) is 23.6 Å². The van der Waals surface area contributed by atoms with Gasteiger partial charge in [-0.05, 0) is 24.1 Å². The average Bonchev–Trinajstić information content (AvgIpc) is 2.87. The molecule has 1 nitrogen and oxygen atoms in total. The van der Waals surface area contributed by atoms with Crippen LogP contribution in [0.5, 0.6) is 0 Å². The van der Waals surface area contributed by atoms with Crippen LogP contribution < -0.4 is 0 Å². The minimum Gasteiger partial charge on any atom is -0.340 e. The second-order valence-electron chi connectivity index (χ2n) is 4.91. The minimum absolute atomic E-state index is 0.820. The Kier molecular flexibility index (Phi) is 3.56. The van der Waals surface area contributed by atoms with E-state index in [-0.39, 0.29) is 0 Å². The molecule has 0 saturated carbocycles. The van der Waals surface area contributed by atoms with Crippen molar-refractivity contribution in [1.29, 1.82) is 0 Å². The van der Waals surface area contributed by atoms with Gasteiger partial charge in [-0.2, -0.15) is 0 Å². The first-order valence-electron chi connectivity index (χ1n) is 6.97. The fraction of sp³-hybridized carbons (Fsp3) is 0.158. The van der Waals surface area contributed by atoms with Gasteiger partial charge >= 0.3 is 0 Å². The second-order valence-corrected chi connectivity index (χ2v) is 4.91. The predicted molar refractivity (Wildman–Crippen MR) is 85.4 cm³/mol. The molecule has 3 aromatic rings. The third kappa shape index (κ3) is 2.33. The van der Waals surface area contributed by atoms with Crippen molar-refractivity contribution in [1.82, 2.24) is 4.57 Å². The highest BCUT2D eigenvalue weighted by Gasteiger charge is 2.09. The van der Waals surface area contributed by atoms with Gasteiger partial charge < -0.3 is 4.57 Å². The molecule has 0 bridgehead atoms. The van der Waals surface area contributed by atoms with E-state index in [4.69, 9.17) is 6.42 Å². The maximum atomic E-state index is 5.37. The Hall–Kier alpha value is -2.46. The molecule has 0 aliphatic rings. The van der Waals surface area contributed by atoms with Crippen molar-refractivity contribution in [2.45, 2.75) is 19.4 Å². The van der Waals surface area contributed by atoms with E-state index < -0.39 is 0 Å². The molecule has 1 aromatic heterocycles. The van der Waals surface area contributed by atoms with Gasteiger partial charge in [-0.3, -0.25) is 0 Å². The van der Waals surface area contributed by atoms with Gasteiger partial charge in [0.1, 0.15) is 0 Å². The lowest BCUT2D eigenvalue weighted by Crippen LogP contribution is -1.99. The zero-order chi connectivity index (χ0) is 13.8. The van der Waals surface area contributed by atoms with Crippen LogP contribution in [0.1, 0.15) is 12.8 Å². The number of nitrogens with zero attached hydrogens (tertiary/aromatic N) is 1. The molecule has 3 rings (SSSR count). The number of para-hydroxylation sites is 1. The first kappa shape index (κ1) is 12.6. The number of hydrogen-bond acceptors (Lipinski definition) is 0. The van der Waals surface area contributed by atoms with E-state index in [2.05, 4.69) is 71.2 Å². The number of hydrogen-bond donors (Lipinski definition) is 0. The maximum absolute atomic E-state index is 5.37. The van der Waals surface area contributed by atoms with Crippen molar-refractivity contribution in [2.75, 3.05) is 0 Å². The Labute approximate surface area is 119 Å². The summed E-state index contributed by atoms with van der Waals surface area (Å²) in [4.78, 5) is 0. The van der Waals surface area contributed by atoms with Crippen molar-refractivity contribution >= 4 is 10.9 Å². The topological polar surface area (TPSA) is 4.93 Å². The van der Waals surface area contributed by atoms with Crippen LogP contribution in [0.2, 0.25) is 0 Å². The fourth-order valence-electron chi connectivity index (χ4n) is 2.64. The Morgan fingerprint density at radius 1 is 0.950 bits per heavy atom. The molecule has 0 unspecified atom stereocenters. The summed E-state index contributed by atoms with van der Waals surface area (Å²) in [6, 6.07) is 21.3. The molecule has 0 spiro atoms. The zero-order valence-corrected chi connectivity index (χ0v) is 11.4. The van der Waals surface area contributed by atoms with E-state index in [1.54, 1.807) is 0 Å². The minimum atomic E-state index is 0.820. The molecule has 1 heterocycles. The quantitative estimate of drug-likeness (QED) is 0.472. The van der Waals surface area contributed by atoms with Gasteiger partial charge in [0.15, 0.2) is 0 Å². The fourth-order valence-corrected chi connectivity index (χ4v) is 2.64. The molecule has 0 aliphatic heterocycles. The van der Waals surface area contributed by atoms with Gasteiger partial charge in [0.05, 0.1) is 0 Å². The molecule has 0 saturated heterocycles. The summed E-state index contributed by atoms with van der Waals surface area (Å²) < 4.78 is 2.38. The zero-order valence-electron chi connectivity index (χ0n) is 11.4. The molecule has 0 N–H and O–H groups in total. The van der Waals surface area contributed by atoms with Gasteiger partial charge in [0, 0.05) is 29.6 Å². The average molecular weight is 259 g/mol. The lowest BCUT2D eigenvalue weighted by Gasteiger charge is -2.10. The van der Waals surface area contributed by atoms with E-state index in [1.165, 1.54) is 22.2 Å². The van der Waals surface area contributed by atoms with Crippen molar-refractivity contribution in [3.63, 3.8) is 0 Å². The Balaban J connectivity index is 2.10. The van der Waals surface area contributed by atoms with Crippen LogP contribution in [0.15, 0.2) is 60.7 Å². The molecule has 0 fully saturated rings. The second kappa shape index (κ2) is 5.67. The molecule has 1 heteroatoms. The standard InChI is InChI=1S/C19H17N/c1-2-3-9-14-20-18-13-8-7-12-17(18)15-19(20)16-10-5-4-6-11-16/h1,4-8,10-13,15H,3,9,14H2. The van der Waals surface area contributed by atoms with Gasteiger partial charge in [-0.1, -0.05) is 48.5 Å². The maximum Gasteiger partial charge on any atom is 0.0491 e. The monoisotopic (exact) mass is 259 g/mol. The number of aromatic nitrogens is 1. The normalized spacial score (nSPS) is 10.6. The lowest BCUT2D eigenvalue weighted by atomic mass is 10.1. The number of terminal acetylenes is 1. The predicted octanol–water partition coefficient (Wildman–Crippen LogP) is 4.72. The highest BCUT2D eigenvalue weighted by atomic mass is 15.0. The van der Waals surface area contributed by atoms with Crippen molar-refractivity contribution in [2.24, 2.45) is 0 Å². The molecule has 2 aromatic carbocycles. The molecule has 0 aliphatic carbocycles. The first-order chi connectivity index (χ1) is 9.90. The van der Waals surface area contributed by atoms with Crippen LogP contribution in [-0.2, 0) is 6.54 Å².